The van der Waals surface area contributed by atoms with Crippen molar-refractivity contribution in [2.75, 3.05) is 13.1 Å². The van der Waals surface area contributed by atoms with E-state index in [0.717, 1.165) is 15.4 Å². The van der Waals surface area contributed by atoms with E-state index < -0.39 is 40.7 Å². The summed E-state index contributed by atoms with van der Waals surface area (Å²) in [7, 11) is 0. The zero-order valence-electron chi connectivity index (χ0n) is 19.9. The number of rotatable bonds is 8. The van der Waals surface area contributed by atoms with Crippen molar-refractivity contribution in [2.45, 2.75) is 12.0 Å². The van der Waals surface area contributed by atoms with E-state index in [4.69, 9.17) is 0 Å². The van der Waals surface area contributed by atoms with Gasteiger partial charge >= 0.3 is 5.97 Å². The first-order chi connectivity index (χ1) is 18.2. The minimum Gasteiger partial charge on any atom is -0.480 e. The number of non-ortho nitro benzene ring substituents is 1. The van der Waals surface area contributed by atoms with E-state index in [9.17, 15) is 34.4 Å². The molecular weight excluding hydrogens is 490 g/mol. The minimum atomic E-state index is -1.64. The molecule has 0 spiro atoms. The predicted octanol–water partition coefficient (Wildman–Crippen LogP) is 3.27. The van der Waals surface area contributed by atoms with Crippen LogP contribution in [0.1, 0.15) is 37.4 Å². The molecule has 1 fully saturated rings. The first-order valence-electron chi connectivity index (χ1n) is 11.7. The lowest BCUT2D eigenvalue weighted by Crippen LogP contribution is -2.76. The van der Waals surface area contributed by atoms with E-state index >= 15 is 0 Å². The van der Waals surface area contributed by atoms with Gasteiger partial charge in [0.25, 0.3) is 23.4 Å². The number of amides is 3. The van der Waals surface area contributed by atoms with Crippen LogP contribution in [0.4, 0.5) is 5.69 Å². The van der Waals surface area contributed by atoms with Gasteiger partial charge in [0.05, 0.1) is 22.6 Å². The highest BCUT2D eigenvalue weighted by Crippen LogP contribution is 2.39. The van der Waals surface area contributed by atoms with Crippen molar-refractivity contribution < 1.29 is 29.2 Å². The Hall–Kier alpha value is -5.12. The molecule has 3 aromatic rings. The van der Waals surface area contributed by atoms with Crippen LogP contribution in [0.25, 0.3) is 12.2 Å². The molecule has 2 aliphatic rings. The number of nitro benzene ring substituents is 1. The molecule has 10 nitrogen and oxygen atoms in total. The number of benzene rings is 3. The molecule has 38 heavy (non-hydrogen) atoms. The van der Waals surface area contributed by atoms with Crippen LogP contribution in [0.2, 0.25) is 0 Å². The van der Waals surface area contributed by atoms with Crippen LogP contribution in [0.3, 0.4) is 0 Å². The molecule has 1 saturated heterocycles. The fourth-order valence-electron chi connectivity index (χ4n) is 4.91. The fraction of sp³-hybridized carbons (Fsp3) is 0.143. The van der Waals surface area contributed by atoms with Gasteiger partial charge in [0, 0.05) is 18.6 Å². The summed E-state index contributed by atoms with van der Waals surface area (Å²) < 4.78 is 0. The average Bonchev–Trinajstić information content (AvgIpc) is 3.16. The van der Waals surface area contributed by atoms with Gasteiger partial charge in [-0.3, -0.25) is 34.2 Å². The van der Waals surface area contributed by atoms with Crippen molar-refractivity contribution in [1.29, 1.82) is 0 Å². The maximum Gasteiger partial charge on any atom is 0.323 e. The summed E-state index contributed by atoms with van der Waals surface area (Å²) in [6, 6.07) is 19.8. The summed E-state index contributed by atoms with van der Waals surface area (Å²) in [6.45, 7) is -0.736. The molecule has 1 unspecified atom stereocenters. The Bertz CT molecular complexity index is 1520. The molecule has 3 aromatic carbocycles. The Balaban J connectivity index is 1.48. The monoisotopic (exact) mass is 511 g/mol. The second-order valence-corrected chi connectivity index (χ2v) is 9.18. The van der Waals surface area contributed by atoms with Crippen LogP contribution in [-0.4, -0.2) is 62.1 Å². The highest BCUT2D eigenvalue weighted by Gasteiger charge is 2.62. The summed E-state index contributed by atoms with van der Waals surface area (Å²) in [5.41, 5.74) is 0.648. The molecule has 190 valence electrons. The number of fused-ring (bicyclic) bond motifs is 1. The highest BCUT2D eigenvalue weighted by atomic mass is 16.6. The van der Waals surface area contributed by atoms with Crippen molar-refractivity contribution in [3.8, 4) is 0 Å². The Morgan fingerprint density at radius 2 is 1.58 bits per heavy atom. The molecule has 0 bridgehead atoms. The maximum absolute atomic E-state index is 13.6. The zero-order chi connectivity index (χ0) is 27.0. The first kappa shape index (κ1) is 24.6. The lowest BCUT2D eigenvalue weighted by Gasteiger charge is -2.51. The van der Waals surface area contributed by atoms with Crippen LogP contribution in [0.15, 0.2) is 72.8 Å². The summed E-state index contributed by atoms with van der Waals surface area (Å²) in [4.78, 5) is 64.1. The molecule has 2 aliphatic heterocycles. The molecule has 1 N–H and O–H groups in total. The van der Waals surface area contributed by atoms with E-state index in [1.165, 1.54) is 30.3 Å². The third kappa shape index (κ3) is 4.21. The van der Waals surface area contributed by atoms with E-state index in [1.54, 1.807) is 12.1 Å². The predicted molar refractivity (Wildman–Crippen MR) is 136 cm³/mol. The van der Waals surface area contributed by atoms with Crippen LogP contribution in [0.5, 0.6) is 0 Å². The van der Waals surface area contributed by atoms with Crippen molar-refractivity contribution in [1.82, 2.24) is 9.80 Å². The van der Waals surface area contributed by atoms with Crippen molar-refractivity contribution in [3.05, 3.63) is 111 Å². The van der Waals surface area contributed by atoms with E-state index in [2.05, 4.69) is 0 Å². The number of β-lactam (4-membered cyclic amide) rings is 1. The number of carbonyl (C=O) groups is 4. The number of carboxylic acids is 1. The summed E-state index contributed by atoms with van der Waals surface area (Å²) in [5.74, 6) is -3.18. The standard InChI is InChI=1S/C28H21N3O7/c32-24(33)16-29-17-28(27(29)36,15-20-8-11-21(12-9-20)31(37)38)30-25(34)22-13-10-19(14-23(22)26(30)35)7-6-18-4-2-1-3-5-18/h1-14H,15-17H2,(H,32,33). The Labute approximate surface area is 216 Å². The van der Waals surface area contributed by atoms with E-state index in [0.29, 0.717) is 11.1 Å². The molecule has 1 atom stereocenters. The average molecular weight is 511 g/mol. The maximum atomic E-state index is 13.6. The lowest BCUT2D eigenvalue weighted by molar-refractivity contribution is -0.384. The van der Waals surface area contributed by atoms with E-state index in [1.807, 2.05) is 42.5 Å². The molecule has 0 aliphatic carbocycles. The third-order valence-corrected chi connectivity index (χ3v) is 6.71. The van der Waals surface area contributed by atoms with Crippen LogP contribution in [-0.2, 0) is 16.0 Å². The van der Waals surface area contributed by atoms with Crippen LogP contribution >= 0.6 is 0 Å². The smallest absolute Gasteiger partial charge is 0.323 e. The zero-order valence-corrected chi connectivity index (χ0v) is 19.9. The molecule has 0 aromatic heterocycles. The molecule has 0 radical (unpaired) electrons. The number of hydrogen-bond acceptors (Lipinski definition) is 6. The van der Waals surface area contributed by atoms with Crippen LogP contribution in [0, 0.1) is 10.1 Å². The van der Waals surface area contributed by atoms with Gasteiger partial charge < -0.3 is 10.0 Å². The summed E-state index contributed by atoms with van der Waals surface area (Å²) >= 11 is 0. The molecule has 2 heterocycles. The normalized spacial score (nSPS) is 18.6. The summed E-state index contributed by atoms with van der Waals surface area (Å²) in [5, 5.41) is 20.2. The number of nitrogens with zero attached hydrogens (tertiary/aromatic N) is 3. The van der Waals surface area contributed by atoms with Crippen molar-refractivity contribution >= 4 is 41.5 Å². The molecule has 3 amide bonds. The summed E-state index contributed by atoms with van der Waals surface area (Å²) in [6.07, 6.45) is 3.58. The SMILES string of the molecule is O=C(O)CN1CC(Cc2ccc([N+](=O)[O-])cc2)(N2C(=O)c3ccc(C=Cc4ccccc4)cc3C2=O)C1=O. The fourth-order valence-corrected chi connectivity index (χ4v) is 4.91. The molecule has 0 saturated carbocycles. The number of aliphatic carboxylic acids is 1. The second kappa shape index (κ2) is 9.40. The van der Waals surface area contributed by atoms with Crippen molar-refractivity contribution in [2.24, 2.45) is 0 Å². The first-order valence-corrected chi connectivity index (χ1v) is 11.7. The van der Waals surface area contributed by atoms with Crippen molar-refractivity contribution in [3.63, 3.8) is 0 Å². The number of likely N-dealkylation sites (tertiary alicyclic amines) is 1. The van der Waals surface area contributed by atoms with Gasteiger partial charge in [0.15, 0.2) is 5.54 Å². The Kier molecular flexibility index (Phi) is 6.08. The van der Waals surface area contributed by atoms with Gasteiger partial charge in [0.2, 0.25) is 0 Å². The van der Waals surface area contributed by atoms with Gasteiger partial charge in [0.1, 0.15) is 6.54 Å². The quantitative estimate of drug-likeness (QED) is 0.161. The molecular formula is C28H21N3O7. The Morgan fingerprint density at radius 3 is 2.21 bits per heavy atom. The second-order valence-electron chi connectivity index (χ2n) is 9.18. The van der Waals surface area contributed by atoms with Gasteiger partial charge in [-0.2, -0.15) is 0 Å². The number of hydrogen-bond donors (Lipinski definition) is 1. The lowest BCUT2D eigenvalue weighted by atomic mass is 9.80. The number of nitro groups is 1. The largest absolute Gasteiger partial charge is 0.480 e. The van der Waals surface area contributed by atoms with Gasteiger partial charge in [-0.25, -0.2) is 0 Å². The highest BCUT2D eigenvalue weighted by molar-refractivity contribution is 6.24. The van der Waals surface area contributed by atoms with E-state index in [-0.39, 0.29) is 29.8 Å². The minimum absolute atomic E-state index is 0.105. The van der Waals surface area contributed by atoms with Gasteiger partial charge in [-0.1, -0.05) is 60.7 Å². The van der Waals surface area contributed by atoms with Gasteiger partial charge in [-0.05, 0) is 28.8 Å². The third-order valence-electron chi connectivity index (χ3n) is 6.71. The number of imide groups is 1. The topological polar surface area (TPSA) is 138 Å². The molecule has 10 heteroatoms. The van der Waals surface area contributed by atoms with Crippen LogP contribution < -0.4 is 0 Å². The van der Waals surface area contributed by atoms with Gasteiger partial charge in [-0.15, -0.1) is 0 Å². The number of carboxylic acid groups (broad SMARTS) is 1. The molecule has 5 rings (SSSR count). The Morgan fingerprint density at radius 1 is 0.921 bits per heavy atom. The number of carbonyl (C=O) groups excluding carboxylic acids is 3.